The summed E-state index contributed by atoms with van der Waals surface area (Å²) in [6, 6.07) is 19.5. The number of carbonyl (C=O) groups excluding carboxylic acids is 3. The molecule has 2 aromatic carbocycles. The van der Waals surface area contributed by atoms with Crippen molar-refractivity contribution in [3.63, 3.8) is 0 Å². The first-order valence-electron chi connectivity index (χ1n) is 16.7. The van der Waals surface area contributed by atoms with Crippen molar-refractivity contribution in [2.45, 2.75) is 77.1 Å². The van der Waals surface area contributed by atoms with Gasteiger partial charge in [-0.05, 0) is 42.7 Å². The van der Waals surface area contributed by atoms with Crippen LogP contribution in [0.25, 0.3) is 0 Å². The van der Waals surface area contributed by atoms with Crippen molar-refractivity contribution in [3.8, 4) is 0 Å². The van der Waals surface area contributed by atoms with Crippen LogP contribution >= 0.6 is 34.4 Å². The largest absolute Gasteiger partial charge is 0.444 e. The van der Waals surface area contributed by atoms with Crippen molar-refractivity contribution < 1.29 is 19.1 Å². The van der Waals surface area contributed by atoms with Gasteiger partial charge in [0.25, 0.3) is 0 Å². The lowest BCUT2D eigenvalue weighted by molar-refractivity contribution is -0.123. The molecule has 0 radical (unpaired) electrons. The Bertz CT molecular complexity index is 1620. The molecule has 4 aromatic rings. The van der Waals surface area contributed by atoms with Crippen LogP contribution in [0.5, 0.6) is 0 Å². The zero-order chi connectivity index (χ0) is 34.6. The SMILES string of the molecule is CC(C)c1nc(CN(C)C(=O)N2CSC[C@H]2C(=O)C[C@H](CC[C@H](Cc2ccccc2)NC(=O)OCc2cncs2)Cc2ccccc2)cs1. The van der Waals surface area contributed by atoms with Crippen LogP contribution in [-0.2, 0) is 35.5 Å². The van der Waals surface area contributed by atoms with Crippen LogP contribution in [0.3, 0.4) is 0 Å². The van der Waals surface area contributed by atoms with Crippen molar-refractivity contribution in [2.24, 2.45) is 5.92 Å². The number of thiazole rings is 2. The number of benzene rings is 2. The highest BCUT2D eigenvalue weighted by Crippen LogP contribution is 2.28. The molecule has 3 amide bonds. The Kier molecular flexibility index (Phi) is 13.7. The van der Waals surface area contributed by atoms with E-state index in [0.717, 1.165) is 39.5 Å². The number of Topliss-reactive ketones (excluding diaryl/α,β-unsaturated/α-hetero) is 1. The molecule has 1 fully saturated rings. The lowest BCUT2D eigenvalue weighted by atomic mass is 9.86. The number of nitrogens with zero attached hydrogens (tertiary/aromatic N) is 4. The van der Waals surface area contributed by atoms with Gasteiger partial charge >= 0.3 is 12.1 Å². The van der Waals surface area contributed by atoms with Crippen LogP contribution in [-0.4, -0.2) is 68.4 Å². The van der Waals surface area contributed by atoms with E-state index in [1.165, 1.54) is 11.3 Å². The van der Waals surface area contributed by atoms with Crippen LogP contribution in [0.2, 0.25) is 0 Å². The van der Waals surface area contributed by atoms with Gasteiger partial charge < -0.3 is 19.9 Å². The summed E-state index contributed by atoms with van der Waals surface area (Å²) in [7, 11) is 1.78. The fourth-order valence-corrected chi connectivity index (χ4v) is 8.47. The molecular formula is C37H45N5O4S3. The molecule has 49 heavy (non-hydrogen) atoms. The van der Waals surface area contributed by atoms with Gasteiger partial charge in [0.05, 0.1) is 33.5 Å². The summed E-state index contributed by atoms with van der Waals surface area (Å²) in [6.45, 7) is 4.80. The summed E-state index contributed by atoms with van der Waals surface area (Å²) in [4.78, 5) is 53.5. The number of aromatic nitrogens is 2. The highest BCUT2D eigenvalue weighted by molar-refractivity contribution is 7.99. The number of alkyl carbamates (subject to hydrolysis) is 1. The highest BCUT2D eigenvalue weighted by atomic mass is 32.2. The van der Waals surface area contributed by atoms with Crippen molar-refractivity contribution in [1.29, 1.82) is 0 Å². The monoisotopic (exact) mass is 719 g/mol. The number of urea groups is 1. The zero-order valence-corrected chi connectivity index (χ0v) is 30.8. The molecule has 260 valence electrons. The molecule has 9 nitrogen and oxygen atoms in total. The van der Waals surface area contributed by atoms with E-state index in [4.69, 9.17) is 9.72 Å². The van der Waals surface area contributed by atoms with E-state index in [-0.39, 0.29) is 30.4 Å². The molecule has 1 N–H and O–H groups in total. The number of ether oxygens (including phenoxy) is 1. The van der Waals surface area contributed by atoms with E-state index < -0.39 is 12.1 Å². The maximum Gasteiger partial charge on any atom is 0.407 e. The third-order valence-corrected chi connectivity index (χ3v) is 11.5. The number of rotatable bonds is 16. The van der Waals surface area contributed by atoms with Gasteiger partial charge in [0.1, 0.15) is 12.6 Å². The lowest BCUT2D eigenvalue weighted by Gasteiger charge is -2.29. The maximum atomic E-state index is 14.0. The Labute approximate surface area is 301 Å². The fourth-order valence-electron chi connectivity index (χ4n) is 5.95. The van der Waals surface area contributed by atoms with E-state index in [1.54, 1.807) is 51.7 Å². The zero-order valence-electron chi connectivity index (χ0n) is 28.3. The molecule has 0 aliphatic carbocycles. The summed E-state index contributed by atoms with van der Waals surface area (Å²) in [5, 5.41) is 6.15. The van der Waals surface area contributed by atoms with Gasteiger partial charge in [0.15, 0.2) is 5.78 Å². The molecule has 5 rings (SSSR count). The first-order chi connectivity index (χ1) is 23.7. The molecule has 0 saturated carbocycles. The van der Waals surface area contributed by atoms with Crippen molar-refractivity contribution >= 4 is 52.3 Å². The van der Waals surface area contributed by atoms with Crippen LogP contribution in [0.15, 0.2) is 77.8 Å². The maximum absolute atomic E-state index is 14.0. The Balaban J connectivity index is 1.24. The van der Waals surface area contributed by atoms with Gasteiger partial charge in [-0.1, -0.05) is 74.5 Å². The molecule has 0 bridgehead atoms. The average Bonchev–Trinajstić information content (AvgIpc) is 3.90. The van der Waals surface area contributed by atoms with Crippen LogP contribution in [0.1, 0.15) is 65.7 Å². The molecule has 2 aromatic heterocycles. The summed E-state index contributed by atoms with van der Waals surface area (Å²) in [5.74, 6) is 1.54. The topological polar surface area (TPSA) is 105 Å². The first-order valence-corrected chi connectivity index (χ1v) is 19.6. The van der Waals surface area contributed by atoms with Gasteiger partial charge in [-0.15, -0.1) is 34.4 Å². The Morgan fingerprint density at radius 1 is 1.00 bits per heavy atom. The van der Waals surface area contributed by atoms with E-state index >= 15 is 0 Å². The van der Waals surface area contributed by atoms with Crippen molar-refractivity contribution in [1.82, 2.24) is 25.1 Å². The quantitative estimate of drug-likeness (QED) is 0.126. The molecule has 1 saturated heterocycles. The smallest absolute Gasteiger partial charge is 0.407 e. The van der Waals surface area contributed by atoms with E-state index in [2.05, 4.69) is 48.4 Å². The second-order valence-corrected chi connectivity index (χ2v) is 15.7. The first kappa shape index (κ1) is 36.5. The lowest BCUT2D eigenvalue weighted by Crippen LogP contribution is -2.47. The molecule has 3 heterocycles. The minimum Gasteiger partial charge on any atom is -0.444 e. The minimum atomic E-state index is -0.472. The Morgan fingerprint density at radius 3 is 2.37 bits per heavy atom. The van der Waals surface area contributed by atoms with Gasteiger partial charge in [-0.2, -0.15) is 0 Å². The number of ketones is 1. The van der Waals surface area contributed by atoms with Gasteiger partial charge in [0, 0.05) is 42.8 Å². The average molecular weight is 720 g/mol. The van der Waals surface area contributed by atoms with Gasteiger partial charge in [-0.25, -0.2) is 14.6 Å². The number of nitrogens with one attached hydrogen (secondary N) is 1. The molecule has 0 spiro atoms. The van der Waals surface area contributed by atoms with Crippen LogP contribution in [0, 0.1) is 5.92 Å². The standard InChI is InChI=1S/C37H45N5O4S3/c1-26(2)35-39-31(22-48-35)20-41(3)37(45)42-25-47-23-33(42)34(43)18-29(16-27-10-6-4-7-11-27)14-15-30(17-28-12-8-5-9-13-28)40-36(44)46-21-32-19-38-24-49-32/h4-13,19,22,24,26,29-30,33H,14-18,20-21,23,25H2,1-3H3,(H,40,44)/t29-,30-,33+/m1/s1. The Hall–Kier alpha value is -3.74. The molecule has 0 unspecified atom stereocenters. The number of hydrogen-bond acceptors (Lipinski definition) is 9. The summed E-state index contributed by atoms with van der Waals surface area (Å²) >= 11 is 4.68. The molecule has 1 aliphatic rings. The molecule has 3 atom stereocenters. The second kappa shape index (κ2) is 18.3. The van der Waals surface area contributed by atoms with Crippen molar-refractivity contribution in [2.75, 3.05) is 18.7 Å². The summed E-state index contributed by atoms with van der Waals surface area (Å²) in [6.07, 6.45) is 4.36. The van der Waals surface area contributed by atoms with E-state index in [9.17, 15) is 14.4 Å². The van der Waals surface area contributed by atoms with Crippen molar-refractivity contribution in [3.05, 3.63) is 104 Å². The number of amides is 3. The number of hydrogen-bond donors (Lipinski definition) is 1. The minimum absolute atomic E-state index is 0.0351. The third kappa shape index (κ3) is 11.1. The summed E-state index contributed by atoms with van der Waals surface area (Å²) in [5.41, 5.74) is 4.86. The normalized spacial score (nSPS) is 15.6. The second-order valence-electron chi connectivity index (χ2n) is 12.8. The Morgan fingerprint density at radius 2 is 1.71 bits per heavy atom. The molecule has 12 heteroatoms. The fraction of sp³-hybridized carbons (Fsp3) is 0.432. The van der Waals surface area contributed by atoms with Crippen LogP contribution in [0.4, 0.5) is 9.59 Å². The third-order valence-electron chi connectivity index (χ3n) is 8.55. The highest BCUT2D eigenvalue weighted by Gasteiger charge is 2.37. The number of thioether (sulfide) groups is 1. The summed E-state index contributed by atoms with van der Waals surface area (Å²) < 4.78 is 5.51. The predicted molar refractivity (Wildman–Crippen MR) is 198 cm³/mol. The van der Waals surface area contributed by atoms with E-state index in [0.29, 0.717) is 43.4 Å². The predicted octanol–water partition coefficient (Wildman–Crippen LogP) is 7.79. The van der Waals surface area contributed by atoms with E-state index in [1.807, 2.05) is 41.8 Å². The molecule has 1 aliphatic heterocycles. The van der Waals surface area contributed by atoms with Gasteiger partial charge in [0.2, 0.25) is 0 Å². The number of carbonyl (C=O) groups is 3. The van der Waals surface area contributed by atoms with Gasteiger partial charge in [-0.3, -0.25) is 9.78 Å². The molecular weight excluding hydrogens is 675 g/mol. The van der Waals surface area contributed by atoms with Crippen LogP contribution < -0.4 is 5.32 Å².